The molecule has 0 radical (unpaired) electrons. The summed E-state index contributed by atoms with van der Waals surface area (Å²) in [7, 11) is 0. The molecule has 0 aliphatic carbocycles. The number of halogens is 1. The van der Waals surface area contributed by atoms with Crippen LogP contribution in [-0.4, -0.2) is 24.3 Å². The molecule has 158 valence electrons. The van der Waals surface area contributed by atoms with Gasteiger partial charge in [-0.2, -0.15) is 0 Å². The first kappa shape index (κ1) is 22.0. The zero-order chi connectivity index (χ0) is 21.7. The van der Waals surface area contributed by atoms with Crippen LogP contribution in [0.4, 0.5) is 11.4 Å². The zero-order valence-electron chi connectivity index (χ0n) is 17.2. The maximum absolute atomic E-state index is 12.6. The lowest BCUT2D eigenvalue weighted by Crippen LogP contribution is -2.32. The Morgan fingerprint density at radius 2 is 1.93 bits per heavy atom. The van der Waals surface area contributed by atoms with Crippen molar-refractivity contribution >= 4 is 45.0 Å². The SMILES string of the molecule is CC(C)CC(=O)Nc1cccc(CNC(=O)C2CC(=O)N(c3cccc(Br)c3)C2)c1. The molecule has 1 aliphatic rings. The molecular weight excluding hydrogens is 446 g/mol. The summed E-state index contributed by atoms with van der Waals surface area (Å²) in [6.07, 6.45) is 0.662. The quantitative estimate of drug-likeness (QED) is 0.637. The van der Waals surface area contributed by atoms with Gasteiger partial charge < -0.3 is 15.5 Å². The van der Waals surface area contributed by atoms with Crippen LogP contribution in [0.1, 0.15) is 32.3 Å². The second-order valence-corrected chi connectivity index (χ2v) is 8.87. The molecular formula is C23H26BrN3O3. The number of anilines is 2. The molecule has 1 unspecified atom stereocenters. The van der Waals surface area contributed by atoms with Gasteiger partial charge in [0.1, 0.15) is 0 Å². The maximum Gasteiger partial charge on any atom is 0.227 e. The first-order valence-corrected chi connectivity index (χ1v) is 10.8. The topological polar surface area (TPSA) is 78.5 Å². The normalized spacial score (nSPS) is 16.1. The van der Waals surface area contributed by atoms with Gasteiger partial charge in [-0.05, 0) is 41.8 Å². The van der Waals surface area contributed by atoms with Crippen LogP contribution in [0.2, 0.25) is 0 Å². The third-order valence-electron chi connectivity index (χ3n) is 4.89. The van der Waals surface area contributed by atoms with E-state index in [1.165, 1.54) is 0 Å². The number of amides is 3. The van der Waals surface area contributed by atoms with Crippen molar-refractivity contribution in [2.24, 2.45) is 11.8 Å². The number of nitrogens with one attached hydrogen (secondary N) is 2. The second-order valence-electron chi connectivity index (χ2n) is 7.95. The number of rotatable bonds is 7. The molecule has 1 atom stereocenters. The Labute approximate surface area is 185 Å². The molecule has 3 amide bonds. The van der Waals surface area contributed by atoms with Crippen LogP contribution in [0, 0.1) is 11.8 Å². The predicted molar refractivity (Wildman–Crippen MR) is 121 cm³/mol. The van der Waals surface area contributed by atoms with E-state index in [2.05, 4.69) is 26.6 Å². The van der Waals surface area contributed by atoms with Gasteiger partial charge in [0.25, 0.3) is 0 Å². The zero-order valence-corrected chi connectivity index (χ0v) is 18.7. The monoisotopic (exact) mass is 471 g/mol. The van der Waals surface area contributed by atoms with Gasteiger partial charge in [-0.25, -0.2) is 0 Å². The van der Waals surface area contributed by atoms with Crippen LogP contribution in [0.25, 0.3) is 0 Å². The minimum atomic E-state index is -0.384. The summed E-state index contributed by atoms with van der Waals surface area (Å²) in [6, 6.07) is 14.9. The second kappa shape index (κ2) is 9.89. The van der Waals surface area contributed by atoms with E-state index >= 15 is 0 Å². The highest BCUT2D eigenvalue weighted by Crippen LogP contribution is 2.27. The third-order valence-corrected chi connectivity index (χ3v) is 5.38. The van der Waals surface area contributed by atoms with E-state index in [1.54, 1.807) is 4.90 Å². The number of carbonyl (C=O) groups is 3. The Morgan fingerprint density at radius 3 is 2.67 bits per heavy atom. The Morgan fingerprint density at radius 1 is 1.17 bits per heavy atom. The Bertz CT molecular complexity index is 945. The summed E-state index contributed by atoms with van der Waals surface area (Å²) in [5.41, 5.74) is 2.39. The van der Waals surface area contributed by atoms with Gasteiger partial charge >= 0.3 is 0 Å². The molecule has 6 nitrogen and oxygen atoms in total. The molecule has 30 heavy (non-hydrogen) atoms. The minimum Gasteiger partial charge on any atom is -0.352 e. The van der Waals surface area contributed by atoms with E-state index in [9.17, 15) is 14.4 Å². The van der Waals surface area contributed by atoms with Gasteiger partial charge in [0.05, 0.1) is 5.92 Å². The molecule has 1 fully saturated rings. The lowest BCUT2D eigenvalue weighted by atomic mass is 10.1. The van der Waals surface area contributed by atoms with E-state index in [0.29, 0.717) is 25.2 Å². The molecule has 1 heterocycles. The lowest BCUT2D eigenvalue weighted by Gasteiger charge is -2.17. The van der Waals surface area contributed by atoms with Crippen molar-refractivity contribution in [2.75, 3.05) is 16.8 Å². The van der Waals surface area contributed by atoms with Gasteiger partial charge in [-0.15, -0.1) is 0 Å². The average Bonchev–Trinajstić information content (AvgIpc) is 3.07. The van der Waals surface area contributed by atoms with E-state index in [4.69, 9.17) is 0 Å². The predicted octanol–water partition coefficient (Wildman–Crippen LogP) is 4.10. The molecule has 0 spiro atoms. The summed E-state index contributed by atoms with van der Waals surface area (Å²) in [6.45, 7) is 4.70. The van der Waals surface area contributed by atoms with Gasteiger partial charge in [0.2, 0.25) is 17.7 Å². The highest BCUT2D eigenvalue weighted by Gasteiger charge is 2.35. The van der Waals surface area contributed by atoms with Crippen LogP contribution in [-0.2, 0) is 20.9 Å². The number of hydrogen-bond acceptors (Lipinski definition) is 3. The highest BCUT2D eigenvalue weighted by atomic mass is 79.9. The largest absolute Gasteiger partial charge is 0.352 e. The molecule has 1 aliphatic heterocycles. The number of hydrogen-bond donors (Lipinski definition) is 2. The van der Waals surface area contributed by atoms with Crippen molar-refractivity contribution in [3.8, 4) is 0 Å². The fraction of sp³-hybridized carbons (Fsp3) is 0.348. The van der Waals surface area contributed by atoms with Crippen LogP contribution in [0.5, 0.6) is 0 Å². The van der Waals surface area contributed by atoms with Crippen molar-refractivity contribution in [3.05, 3.63) is 58.6 Å². The first-order valence-electron chi connectivity index (χ1n) is 10.0. The summed E-state index contributed by atoms with van der Waals surface area (Å²) >= 11 is 3.41. The summed E-state index contributed by atoms with van der Waals surface area (Å²) in [4.78, 5) is 38.6. The Kier molecular flexibility index (Phi) is 7.26. The molecule has 0 bridgehead atoms. The summed E-state index contributed by atoms with van der Waals surface area (Å²) in [5, 5.41) is 5.80. The van der Waals surface area contributed by atoms with Crippen LogP contribution in [0.3, 0.4) is 0 Å². The Hall–Kier alpha value is -2.67. The third kappa shape index (κ3) is 5.92. The smallest absolute Gasteiger partial charge is 0.227 e. The van der Waals surface area contributed by atoms with Gasteiger partial charge in [-0.1, -0.05) is 48.0 Å². The van der Waals surface area contributed by atoms with Gasteiger partial charge in [0, 0.05) is 41.8 Å². The van der Waals surface area contributed by atoms with Crippen molar-refractivity contribution < 1.29 is 14.4 Å². The maximum atomic E-state index is 12.6. The molecule has 3 rings (SSSR count). The molecule has 2 N–H and O–H groups in total. The van der Waals surface area contributed by atoms with Crippen molar-refractivity contribution in [3.63, 3.8) is 0 Å². The fourth-order valence-corrected chi connectivity index (χ4v) is 3.84. The lowest BCUT2D eigenvalue weighted by molar-refractivity contribution is -0.126. The molecule has 2 aromatic rings. The minimum absolute atomic E-state index is 0.0247. The summed E-state index contributed by atoms with van der Waals surface area (Å²) < 4.78 is 0.890. The van der Waals surface area contributed by atoms with E-state index in [1.807, 2.05) is 62.4 Å². The number of nitrogens with zero attached hydrogens (tertiary/aromatic N) is 1. The van der Waals surface area contributed by atoms with Gasteiger partial charge in [-0.3, -0.25) is 14.4 Å². The Balaban J connectivity index is 1.55. The molecule has 1 saturated heterocycles. The van der Waals surface area contributed by atoms with E-state index in [-0.39, 0.29) is 36.0 Å². The molecule has 0 aromatic heterocycles. The van der Waals surface area contributed by atoms with E-state index in [0.717, 1.165) is 15.7 Å². The molecule has 7 heteroatoms. The standard InChI is InChI=1S/C23H26BrN3O3/c1-15(2)9-21(28)26-19-7-3-5-16(10-19)13-25-23(30)17-11-22(29)27(14-17)20-8-4-6-18(24)12-20/h3-8,10,12,15,17H,9,11,13-14H2,1-2H3,(H,25,30)(H,26,28). The fourth-order valence-electron chi connectivity index (χ4n) is 3.45. The van der Waals surface area contributed by atoms with Crippen molar-refractivity contribution in [1.82, 2.24) is 5.32 Å². The number of benzene rings is 2. The van der Waals surface area contributed by atoms with Crippen LogP contribution in [0.15, 0.2) is 53.0 Å². The molecule has 0 saturated carbocycles. The van der Waals surface area contributed by atoms with E-state index < -0.39 is 0 Å². The summed E-state index contributed by atoms with van der Waals surface area (Å²) in [5.74, 6) is -0.315. The highest BCUT2D eigenvalue weighted by molar-refractivity contribution is 9.10. The number of carbonyl (C=O) groups excluding carboxylic acids is 3. The van der Waals surface area contributed by atoms with Crippen LogP contribution < -0.4 is 15.5 Å². The van der Waals surface area contributed by atoms with Crippen LogP contribution >= 0.6 is 15.9 Å². The molecule has 2 aromatic carbocycles. The average molecular weight is 472 g/mol. The van der Waals surface area contributed by atoms with Crippen molar-refractivity contribution in [1.29, 1.82) is 0 Å². The van der Waals surface area contributed by atoms with Gasteiger partial charge in [0.15, 0.2) is 0 Å². The van der Waals surface area contributed by atoms with Crippen molar-refractivity contribution in [2.45, 2.75) is 33.2 Å². The first-order chi connectivity index (χ1) is 14.3.